The number of carboxylic acids is 1. The highest BCUT2D eigenvalue weighted by Gasteiger charge is 2.21. The molecular formula is C15H20N4O4. The van der Waals surface area contributed by atoms with Crippen LogP contribution >= 0.6 is 0 Å². The number of carbonyl (C=O) groups excluding carboxylic acids is 1. The largest absolute Gasteiger partial charge is 0.480 e. The third-order valence-electron chi connectivity index (χ3n) is 3.38. The van der Waals surface area contributed by atoms with Crippen LogP contribution in [0.4, 0.5) is 0 Å². The lowest BCUT2D eigenvalue weighted by molar-refractivity contribution is -0.142. The number of amides is 1. The van der Waals surface area contributed by atoms with Crippen LogP contribution in [0.5, 0.6) is 0 Å². The van der Waals surface area contributed by atoms with Gasteiger partial charge in [0.2, 0.25) is 5.91 Å². The molecule has 2 aromatic rings. The molecule has 1 atom stereocenters. The Hall–Kier alpha value is -2.64. The molecule has 0 bridgehead atoms. The van der Waals surface area contributed by atoms with Gasteiger partial charge < -0.3 is 10.4 Å². The number of hydrogen-bond donors (Lipinski definition) is 2. The standard InChI is InChI=1S/C15H20N4O4/c1-10(2)9-11(14(21)22)16-13(20)6-8-19-15(23)18-7-4-3-5-12(18)17-19/h3-5,7,10-11H,6,8-9H2,1-2H3,(H,16,20)(H,21,22)/t11-/m0/s1. The van der Waals surface area contributed by atoms with Crippen LogP contribution in [0.2, 0.25) is 0 Å². The summed E-state index contributed by atoms with van der Waals surface area (Å²) >= 11 is 0. The van der Waals surface area contributed by atoms with Gasteiger partial charge in [-0.25, -0.2) is 14.3 Å². The average molecular weight is 320 g/mol. The molecule has 0 saturated carbocycles. The molecule has 2 N–H and O–H groups in total. The molecule has 2 heterocycles. The van der Waals surface area contributed by atoms with E-state index in [0.717, 1.165) is 0 Å². The Balaban J connectivity index is 1.99. The Bertz CT molecular complexity index is 762. The van der Waals surface area contributed by atoms with Gasteiger partial charge in [-0.2, -0.15) is 0 Å². The summed E-state index contributed by atoms with van der Waals surface area (Å²) in [5.41, 5.74) is 0.173. The topological polar surface area (TPSA) is 106 Å². The maximum absolute atomic E-state index is 12.1. The number of aryl methyl sites for hydroxylation is 1. The second-order valence-electron chi connectivity index (χ2n) is 5.77. The maximum Gasteiger partial charge on any atom is 0.350 e. The fourth-order valence-corrected chi connectivity index (χ4v) is 2.28. The van der Waals surface area contributed by atoms with E-state index in [0.29, 0.717) is 12.1 Å². The van der Waals surface area contributed by atoms with Gasteiger partial charge in [0.05, 0.1) is 6.54 Å². The monoisotopic (exact) mass is 320 g/mol. The van der Waals surface area contributed by atoms with Crippen molar-refractivity contribution in [3.8, 4) is 0 Å². The summed E-state index contributed by atoms with van der Waals surface area (Å²) in [6, 6.07) is 4.26. The highest BCUT2D eigenvalue weighted by atomic mass is 16.4. The van der Waals surface area contributed by atoms with Crippen LogP contribution in [0.15, 0.2) is 29.2 Å². The number of hydrogen-bond acceptors (Lipinski definition) is 4. The van der Waals surface area contributed by atoms with E-state index in [2.05, 4.69) is 10.4 Å². The Morgan fingerprint density at radius 2 is 2.09 bits per heavy atom. The number of carboxylic acid groups (broad SMARTS) is 1. The first-order valence-electron chi connectivity index (χ1n) is 7.45. The van der Waals surface area contributed by atoms with E-state index in [4.69, 9.17) is 5.11 Å². The lowest BCUT2D eigenvalue weighted by Gasteiger charge is -2.16. The van der Waals surface area contributed by atoms with E-state index in [1.54, 1.807) is 24.4 Å². The summed E-state index contributed by atoms with van der Waals surface area (Å²) in [6.07, 6.45) is 1.95. The molecule has 1 amide bonds. The average Bonchev–Trinajstić information content (AvgIpc) is 2.81. The highest BCUT2D eigenvalue weighted by Crippen LogP contribution is 2.05. The summed E-state index contributed by atoms with van der Waals surface area (Å²) < 4.78 is 2.59. The van der Waals surface area contributed by atoms with E-state index in [1.165, 1.54) is 9.08 Å². The molecular weight excluding hydrogens is 300 g/mol. The Kier molecular flexibility index (Phi) is 5.15. The Morgan fingerprint density at radius 1 is 1.35 bits per heavy atom. The van der Waals surface area contributed by atoms with Gasteiger partial charge in [0.1, 0.15) is 6.04 Å². The lowest BCUT2D eigenvalue weighted by Crippen LogP contribution is -2.42. The maximum atomic E-state index is 12.1. The smallest absolute Gasteiger partial charge is 0.350 e. The molecule has 124 valence electrons. The Morgan fingerprint density at radius 3 is 2.70 bits per heavy atom. The van der Waals surface area contributed by atoms with E-state index in [1.807, 2.05) is 13.8 Å². The van der Waals surface area contributed by atoms with Crippen molar-refractivity contribution in [1.29, 1.82) is 0 Å². The SMILES string of the molecule is CC(C)C[C@H](NC(=O)CCn1nc2ccccn2c1=O)C(=O)O. The van der Waals surface area contributed by atoms with Crippen LogP contribution < -0.4 is 11.0 Å². The van der Waals surface area contributed by atoms with Gasteiger partial charge in [0, 0.05) is 12.6 Å². The van der Waals surface area contributed by atoms with Crippen LogP contribution in [0.25, 0.3) is 5.65 Å². The molecule has 8 heteroatoms. The van der Waals surface area contributed by atoms with Crippen molar-refractivity contribution in [2.45, 2.75) is 39.3 Å². The molecule has 23 heavy (non-hydrogen) atoms. The number of nitrogens with one attached hydrogen (secondary N) is 1. The fraction of sp³-hybridized carbons (Fsp3) is 0.467. The van der Waals surface area contributed by atoms with Crippen molar-refractivity contribution in [3.63, 3.8) is 0 Å². The number of rotatable bonds is 7. The molecule has 0 aromatic carbocycles. The number of nitrogens with zero attached hydrogens (tertiary/aromatic N) is 3. The van der Waals surface area contributed by atoms with Crippen LogP contribution in [0, 0.1) is 5.92 Å². The molecule has 0 unspecified atom stereocenters. The highest BCUT2D eigenvalue weighted by molar-refractivity contribution is 5.83. The van der Waals surface area contributed by atoms with Crippen molar-refractivity contribution in [1.82, 2.24) is 19.5 Å². The quantitative estimate of drug-likeness (QED) is 0.773. The van der Waals surface area contributed by atoms with Gasteiger partial charge >= 0.3 is 11.7 Å². The first-order valence-corrected chi connectivity index (χ1v) is 7.45. The van der Waals surface area contributed by atoms with Gasteiger partial charge in [-0.15, -0.1) is 5.10 Å². The van der Waals surface area contributed by atoms with Crippen LogP contribution in [-0.2, 0) is 16.1 Å². The lowest BCUT2D eigenvalue weighted by atomic mass is 10.0. The molecule has 8 nitrogen and oxygen atoms in total. The van der Waals surface area contributed by atoms with E-state index in [9.17, 15) is 14.4 Å². The molecule has 0 aliphatic rings. The van der Waals surface area contributed by atoms with E-state index < -0.39 is 17.9 Å². The Labute approximate surface area is 132 Å². The van der Waals surface area contributed by atoms with Crippen molar-refractivity contribution in [2.24, 2.45) is 5.92 Å². The zero-order chi connectivity index (χ0) is 17.0. The number of aliphatic carboxylic acids is 1. The minimum atomic E-state index is -1.06. The summed E-state index contributed by atoms with van der Waals surface area (Å²) in [6.45, 7) is 3.87. The molecule has 0 saturated heterocycles. The zero-order valence-corrected chi connectivity index (χ0v) is 13.1. The third-order valence-corrected chi connectivity index (χ3v) is 3.38. The second-order valence-corrected chi connectivity index (χ2v) is 5.77. The summed E-state index contributed by atoms with van der Waals surface area (Å²) in [5.74, 6) is -1.32. The van der Waals surface area contributed by atoms with Gasteiger partial charge in [-0.3, -0.25) is 9.20 Å². The van der Waals surface area contributed by atoms with Crippen molar-refractivity contribution in [2.75, 3.05) is 0 Å². The molecule has 0 radical (unpaired) electrons. The minimum Gasteiger partial charge on any atom is -0.480 e. The third kappa shape index (κ3) is 4.18. The zero-order valence-electron chi connectivity index (χ0n) is 13.1. The molecule has 0 aliphatic carbocycles. The van der Waals surface area contributed by atoms with E-state index in [-0.39, 0.29) is 24.6 Å². The van der Waals surface area contributed by atoms with Gasteiger partial charge in [0.25, 0.3) is 0 Å². The number of pyridine rings is 1. The number of carbonyl (C=O) groups is 2. The van der Waals surface area contributed by atoms with Gasteiger partial charge in [-0.1, -0.05) is 19.9 Å². The molecule has 0 fully saturated rings. The van der Waals surface area contributed by atoms with E-state index >= 15 is 0 Å². The van der Waals surface area contributed by atoms with Crippen molar-refractivity contribution >= 4 is 17.5 Å². The first-order chi connectivity index (χ1) is 10.9. The van der Waals surface area contributed by atoms with Crippen molar-refractivity contribution < 1.29 is 14.7 Å². The summed E-state index contributed by atoms with van der Waals surface area (Å²) in [5, 5.41) is 15.7. The molecule has 0 spiro atoms. The molecule has 2 rings (SSSR count). The molecule has 0 aliphatic heterocycles. The fourth-order valence-electron chi connectivity index (χ4n) is 2.28. The first kappa shape index (κ1) is 16.7. The van der Waals surface area contributed by atoms with Crippen molar-refractivity contribution in [3.05, 3.63) is 34.9 Å². The van der Waals surface area contributed by atoms with Gasteiger partial charge in [-0.05, 0) is 24.5 Å². The summed E-state index contributed by atoms with van der Waals surface area (Å²) in [4.78, 5) is 35.1. The predicted molar refractivity (Wildman–Crippen MR) is 83.1 cm³/mol. The van der Waals surface area contributed by atoms with Crippen LogP contribution in [-0.4, -0.2) is 37.2 Å². The number of fused-ring (bicyclic) bond motifs is 1. The number of aromatic nitrogens is 3. The van der Waals surface area contributed by atoms with Gasteiger partial charge in [0.15, 0.2) is 5.65 Å². The summed E-state index contributed by atoms with van der Waals surface area (Å²) in [7, 11) is 0. The normalized spacial score (nSPS) is 12.5. The minimum absolute atomic E-state index is 0.00827. The predicted octanol–water partition coefficient (Wildman–Crippen LogP) is 0.502. The van der Waals surface area contributed by atoms with Crippen LogP contribution in [0.3, 0.4) is 0 Å². The second kappa shape index (κ2) is 7.08. The molecule has 2 aromatic heterocycles. The van der Waals surface area contributed by atoms with Crippen LogP contribution in [0.1, 0.15) is 26.7 Å².